The maximum absolute atomic E-state index is 10.8. The number of carbonyl (C=O) groups excluding carboxylic acids is 2. The summed E-state index contributed by atoms with van der Waals surface area (Å²) in [6.45, 7) is 32.4. The quantitative estimate of drug-likeness (QED) is 0.222. The molecule has 0 aliphatic carbocycles. The summed E-state index contributed by atoms with van der Waals surface area (Å²) in [5.41, 5.74) is 15.9. The van der Waals surface area contributed by atoms with Crippen LogP contribution in [0.2, 0.25) is 0 Å². The lowest BCUT2D eigenvalue weighted by Gasteiger charge is -2.14. The fourth-order valence-corrected chi connectivity index (χ4v) is 3.56. The molecular formula is C39H56ClN3O2. The molecule has 0 bridgehead atoms. The third-order valence-electron chi connectivity index (χ3n) is 5.18. The van der Waals surface area contributed by atoms with Gasteiger partial charge in [-0.3, -0.25) is 14.6 Å². The van der Waals surface area contributed by atoms with E-state index in [1.807, 2.05) is 129 Å². The summed E-state index contributed by atoms with van der Waals surface area (Å²) in [7, 11) is 0. The first-order valence-electron chi connectivity index (χ1n) is 15.3. The van der Waals surface area contributed by atoms with Gasteiger partial charge < -0.3 is 11.1 Å². The molecule has 0 saturated heterocycles. The number of nitrogen functional groups attached to an aromatic ring is 1. The molecule has 6 heteroatoms. The molecule has 1 aliphatic rings. The molecular weight excluding hydrogens is 578 g/mol. The molecule has 246 valence electrons. The molecule has 0 radical (unpaired) electrons. The Labute approximate surface area is 279 Å². The third kappa shape index (κ3) is 20.4. The number of aliphatic imine (C=N–C) groups is 1. The van der Waals surface area contributed by atoms with Gasteiger partial charge in [0.25, 0.3) is 0 Å². The van der Waals surface area contributed by atoms with E-state index in [9.17, 15) is 9.59 Å². The smallest absolute Gasteiger partial charge is 0.221 e. The number of nitrogens with zero attached hydrogens (tertiary/aromatic N) is 1. The van der Waals surface area contributed by atoms with E-state index in [-0.39, 0.29) is 11.1 Å². The molecule has 4 rings (SSSR count). The van der Waals surface area contributed by atoms with Crippen molar-refractivity contribution in [2.24, 2.45) is 4.99 Å². The maximum atomic E-state index is 10.8. The van der Waals surface area contributed by atoms with Crippen LogP contribution in [0.5, 0.6) is 0 Å². The standard InChI is InChI=1S/C11H13NO.C11H11N.C9H11N.C2H3ClO.3C2H6/c1-8(2)10-6-4-5-7-11(10)12-9(3)13;1-8-7-9(2)12-11-6-4-3-5-10(8)11;1-7(2)8-5-3-4-6-9(8)10;1-2(3)4;3*1-2/h4-7H,1H2,2-3H3,(H,12,13);3-6H,1,7H2,2H3;3-6H,1,10H2,2H3;1H3;3*1-2H3. The minimum absolute atomic E-state index is 0.0614. The summed E-state index contributed by atoms with van der Waals surface area (Å²) in [6, 6.07) is 23.5. The summed E-state index contributed by atoms with van der Waals surface area (Å²) >= 11 is 4.64. The van der Waals surface area contributed by atoms with Crippen molar-refractivity contribution in [2.75, 3.05) is 11.1 Å². The molecule has 1 amide bonds. The average Bonchev–Trinajstić information content (AvgIpc) is 3.00. The van der Waals surface area contributed by atoms with Gasteiger partial charge in [0.15, 0.2) is 0 Å². The number of halogens is 1. The highest BCUT2D eigenvalue weighted by molar-refractivity contribution is 6.62. The van der Waals surface area contributed by atoms with E-state index in [1.54, 1.807) is 0 Å². The zero-order valence-corrected chi connectivity index (χ0v) is 30.2. The second-order valence-corrected chi connectivity index (χ2v) is 9.52. The number of nitrogens with two attached hydrogens (primary N) is 1. The summed E-state index contributed by atoms with van der Waals surface area (Å²) in [6.07, 6.45) is 0.914. The topological polar surface area (TPSA) is 84.5 Å². The predicted octanol–water partition coefficient (Wildman–Crippen LogP) is 12.0. The van der Waals surface area contributed by atoms with Crippen LogP contribution >= 0.6 is 11.6 Å². The number of carbonyl (C=O) groups is 2. The molecule has 3 aromatic carbocycles. The van der Waals surface area contributed by atoms with Crippen molar-refractivity contribution in [1.29, 1.82) is 0 Å². The molecule has 3 aromatic rings. The monoisotopic (exact) mass is 633 g/mol. The maximum Gasteiger partial charge on any atom is 0.221 e. The number of para-hydroxylation sites is 3. The van der Waals surface area contributed by atoms with Gasteiger partial charge in [0.05, 0.1) is 5.69 Å². The molecule has 1 heterocycles. The van der Waals surface area contributed by atoms with E-state index < -0.39 is 0 Å². The van der Waals surface area contributed by atoms with Crippen molar-refractivity contribution < 1.29 is 9.59 Å². The van der Waals surface area contributed by atoms with Crippen molar-refractivity contribution in [3.8, 4) is 0 Å². The number of allylic oxidation sites excluding steroid dienone is 3. The SMILES string of the molecule is C=C(C)c1ccccc1N.C=C(C)c1ccccc1NC(C)=O.C=C1CC(C)=Nc2ccccc21.CC.CC.CC.CC(=O)Cl. The molecule has 1 aliphatic heterocycles. The Kier molecular flexibility index (Phi) is 27.5. The molecule has 0 saturated carbocycles. The highest BCUT2D eigenvalue weighted by Crippen LogP contribution is 2.32. The van der Waals surface area contributed by atoms with Crippen LogP contribution in [0, 0.1) is 0 Å². The largest absolute Gasteiger partial charge is 0.398 e. The zero-order valence-electron chi connectivity index (χ0n) is 29.5. The normalized spacial score (nSPS) is 9.87. The van der Waals surface area contributed by atoms with Gasteiger partial charge in [-0.15, -0.1) is 0 Å². The zero-order chi connectivity index (χ0) is 35.5. The van der Waals surface area contributed by atoms with Gasteiger partial charge in [0.2, 0.25) is 11.1 Å². The van der Waals surface area contributed by atoms with Crippen molar-refractivity contribution in [3.05, 3.63) is 109 Å². The molecule has 0 atom stereocenters. The van der Waals surface area contributed by atoms with Crippen LogP contribution in [0.4, 0.5) is 17.1 Å². The van der Waals surface area contributed by atoms with Crippen LogP contribution in [-0.2, 0) is 9.59 Å². The minimum Gasteiger partial charge on any atom is -0.398 e. The predicted molar refractivity (Wildman–Crippen MR) is 204 cm³/mol. The van der Waals surface area contributed by atoms with Gasteiger partial charge in [0, 0.05) is 48.5 Å². The number of hydrogen-bond donors (Lipinski definition) is 2. The van der Waals surface area contributed by atoms with E-state index in [0.717, 1.165) is 51.5 Å². The Morgan fingerprint density at radius 1 is 0.756 bits per heavy atom. The highest BCUT2D eigenvalue weighted by Gasteiger charge is 2.11. The Morgan fingerprint density at radius 2 is 1.18 bits per heavy atom. The van der Waals surface area contributed by atoms with Crippen LogP contribution in [0.15, 0.2) is 97.5 Å². The first-order valence-corrected chi connectivity index (χ1v) is 15.7. The molecule has 5 nitrogen and oxygen atoms in total. The first-order chi connectivity index (χ1) is 21.3. The Balaban J connectivity index is -0.000000516. The highest BCUT2D eigenvalue weighted by atomic mass is 35.5. The number of fused-ring (bicyclic) bond motifs is 1. The summed E-state index contributed by atoms with van der Waals surface area (Å²) in [4.78, 5) is 24.5. The number of hydrogen-bond acceptors (Lipinski definition) is 4. The molecule has 45 heavy (non-hydrogen) atoms. The first kappa shape index (κ1) is 45.2. The van der Waals surface area contributed by atoms with Crippen LogP contribution in [-0.4, -0.2) is 16.9 Å². The van der Waals surface area contributed by atoms with Crippen molar-refractivity contribution in [2.45, 2.75) is 82.6 Å². The van der Waals surface area contributed by atoms with E-state index >= 15 is 0 Å². The fraction of sp³-hybridized carbons (Fsp3) is 0.308. The van der Waals surface area contributed by atoms with Gasteiger partial charge in [-0.2, -0.15) is 0 Å². The van der Waals surface area contributed by atoms with E-state index in [0.29, 0.717) is 0 Å². The number of nitrogens with one attached hydrogen (secondary N) is 1. The third-order valence-corrected chi connectivity index (χ3v) is 5.18. The van der Waals surface area contributed by atoms with Gasteiger partial charge in [-0.1, -0.05) is 116 Å². The number of anilines is 2. The van der Waals surface area contributed by atoms with Crippen molar-refractivity contribution in [1.82, 2.24) is 0 Å². The average molecular weight is 634 g/mol. The van der Waals surface area contributed by atoms with Crippen molar-refractivity contribution >= 4 is 62.2 Å². The summed E-state index contributed by atoms with van der Waals surface area (Å²) in [5.74, 6) is -0.0614. The lowest BCUT2D eigenvalue weighted by Crippen LogP contribution is -2.07. The minimum atomic E-state index is -0.361. The summed E-state index contributed by atoms with van der Waals surface area (Å²) in [5, 5.41) is 2.39. The van der Waals surface area contributed by atoms with Gasteiger partial charge in [0.1, 0.15) is 0 Å². The van der Waals surface area contributed by atoms with E-state index in [1.165, 1.54) is 25.0 Å². The molecule has 0 aromatic heterocycles. The van der Waals surface area contributed by atoms with Crippen LogP contribution in [0.3, 0.4) is 0 Å². The second-order valence-electron chi connectivity index (χ2n) is 8.99. The van der Waals surface area contributed by atoms with Crippen LogP contribution in [0.25, 0.3) is 16.7 Å². The second kappa shape index (κ2) is 27.3. The lowest BCUT2D eigenvalue weighted by atomic mass is 9.98. The Morgan fingerprint density at radius 3 is 1.62 bits per heavy atom. The summed E-state index contributed by atoms with van der Waals surface area (Å²) < 4.78 is 0. The van der Waals surface area contributed by atoms with Crippen LogP contribution in [0.1, 0.15) is 99.3 Å². The van der Waals surface area contributed by atoms with Crippen molar-refractivity contribution in [3.63, 3.8) is 0 Å². The lowest BCUT2D eigenvalue weighted by molar-refractivity contribution is -0.114. The number of rotatable bonds is 3. The number of benzene rings is 3. The molecule has 0 spiro atoms. The molecule has 3 N–H and O–H groups in total. The fourth-order valence-electron chi connectivity index (χ4n) is 3.56. The van der Waals surface area contributed by atoms with Gasteiger partial charge in [-0.25, -0.2) is 0 Å². The van der Waals surface area contributed by atoms with Gasteiger partial charge in [-0.05, 0) is 72.9 Å². The number of amides is 1. The Bertz CT molecular complexity index is 1370. The molecule has 0 unspecified atom stereocenters. The molecule has 0 fully saturated rings. The van der Waals surface area contributed by atoms with E-state index in [4.69, 9.17) is 5.73 Å². The van der Waals surface area contributed by atoms with E-state index in [2.05, 4.69) is 47.7 Å². The van der Waals surface area contributed by atoms with Gasteiger partial charge >= 0.3 is 0 Å². The van der Waals surface area contributed by atoms with Crippen LogP contribution < -0.4 is 11.1 Å². The Hall–Kier alpha value is -4.22.